The number of hydrogen-bond donors (Lipinski definition) is 0. The number of carbonyl (C=O) groups excluding carboxylic acids is 1. The predicted molar refractivity (Wildman–Crippen MR) is 54.0 cm³/mol. The van der Waals surface area contributed by atoms with E-state index in [2.05, 4.69) is 5.10 Å². The van der Waals surface area contributed by atoms with Crippen LogP contribution in [0.4, 0.5) is 13.2 Å². The first-order chi connectivity index (χ1) is 8.00. The maximum Gasteiger partial charge on any atom is 0.416 e. The third-order valence-corrected chi connectivity index (χ3v) is 2.20. The van der Waals surface area contributed by atoms with Gasteiger partial charge in [0.25, 0.3) is 0 Å². The molecule has 2 aromatic rings. The summed E-state index contributed by atoms with van der Waals surface area (Å²) in [5.74, 6) is 0. The molecule has 0 atom stereocenters. The number of nitrogens with zero attached hydrogens (tertiary/aromatic N) is 2. The second-order valence-corrected chi connectivity index (χ2v) is 3.38. The number of rotatable bonds is 2. The topological polar surface area (TPSA) is 34.9 Å². The monoisotopic (exact) mass is 240 g/mol. The molecule has 88 valence electrons. The van der Waals surface area contributed by atoms with Crippen molar-refractivity contribution in [3.63, 3.8) is 0 Å². The summed E-state index contributed by atoms with van der Waals surface area (Å²) >= 11 is 0. The molecule has 6 heteroatoms. The third-order valence-electron chi connectivity index (χ3n) is 2.20. The van der Waals surface area contributed by atoms with Gasteiger partial charge in [-0.05, 0) is 24.3 Å². The molecule has 3 nitrogen and oxygen atoms in total. The molecule has 17 heavy (non-hydrogen) atoms. The number of hydrogen-bond acceptors (Lipinski definition) is 2. The van der Waals surface area contributed by atoms with Gasteiger partial charge in [0.2, 0.25) is 0 Å². The van der Waals surface area contributed by atoms with Crippen molar-refractivity contribution in [3.8, 4) is 5.69 Å². The van der Waals surface area contributed by atoms with Gasteiger partial charge < -0.3 is 0 Å². The highest BCUT2D eigenvalue weighted by atomic mass is 19.4. The molecule has 0 N–H and O–H groups in total. The fourth-order valence-corrected chi connectivity index (χ4v) is 1.34. The van der Waals surface area contributed by atoms with Crippen molar-refractivity contribution in [1.29, 1.82) is 0 Å². The van der Waals surface area contributed by atoms with E-state index < -0.39 is 11.7 Å². The number of alkyl halides is 3. The van der Waals surface area contributed by atoms with Crippen LogP contribution in [0.2, 0.25) is 0 Å². The van der Waals surface area contributed by atoms with Gasteiger partial charge in [0.15, 0.2) is 6.29 Å². The Hall–Kier alpha value is -2.11. The lowest BCUT2D eigenvalue weighted by atomic mass is 10.2. The SMILES string of the molecule is O=Cc1cnn(-c2ccc(C(F)(F)F)cc2)c1. The molecule has 0 saturated heterocycles. The normalized spacial score (nSPS) is 11.5. The van der Waals surface area contributed by atoms with Gasteiger partial charge in [-0.1, -0.05) is 0 Å². The Morgan fingerprint density at radius 1 is 1.18 bits per heavy atom. The van der Waals surface area contributed by atoms with Crippen LogP contribution >= 0.6 is 0 Å². The standard InChI is InChI=1S/C11H7F3N2O/c12-11(13,14)9-1-3-10(4-2-9)16-6-8(7-17)5-15-16/h1-7H. The van der Waals surface area contributed by atoms with Crippen LogP contribution in [-0.2, 0) is 6.18 Å². The van der Waals surface area contributed by atoms with Gasteiger partial charge in [-0.2, -0.15) is 18.3 Å². The van der Waals surface area contributed by atoms with Crippen molar-refractivity contribution in [1.82, 2.24) is 9.78 Å². The Balaban J connectivity index is 2.32. The predicted octanol–water partition coefficient (Wildman–Crippen LogP) is 2.70. The highest BCUT2D eigenvalue weighted by molar-refractivity contribution is 5.73. The van der Waals surface area contributed by atoms with Crippen molar-refractivity contribution in [2.45, 2.75) is 6.18 Å². The van der Waals surface area contributed by atoms with E-state index in [0.717, 1.165) is 12.1 Å². The molecule has 2 rings (SSSR count). The smallest absolute Gasteiger partial charge is 0.298 e. The zero-order valence-corrected chi connectivity index (χ0v) is 8.48. The van der Waals surface area contributed by atoms with E-state index in [1.54, 1.807) is 0 Å². The van der Waals surface area contributed by atoms with Crippen molar-refractivity contribution < 1.29 is 18.0 Å². The molecular weight excluding hydrogens is 233 g/mol. The first-order valence-electron chi connectivity index (χ1n) is 4.68. The zero-order chi connectivity index (χ0) is 12.5. The maximum atomic E-state index is 12.3. The minimum Gasteiger partial charge on any atom is -0.298 e. The lowest BCUT2D eigenvalue weighted by Crippen LogP contribution is -2.05. The van der Waals surface area contributed by atoms with Gasteiger partial charge in [-0.25, -0.2) is 4.68 Å². The summed E-state index contributed by atoms with van der Waals surface area (Å²) in [7, 11) is 0. The lowest BCUT2D eigenvalue weighted by Gasteiger charge is -2.07. The molecule has 1 aromatic heterocycles. The summed E-state index contributed by atoms with van der Waals surface area (Å²) in [5.41, 5.74) is 0.111. The van der Waals surface area contributed by atoms with Crippen molar-refractivity contribution in [2.24, 2.45) is 0 Å². The van der Waals surface area contributed by atoms with E-state index in [4.69, 9.17) is 0 Å². The van der Waals surface area contributed by atoms with E-state index in [-0.39, 0.29) is 0 Å². The minimum absolute atomic E-state index is 0.366. The Kier molecular flexibility index (Phi) is 2.71. The van der Waals surface area contributed by atoms with Crippen molar-refractivity contribution in [3.05, 3.63) is 47.8 Å². The highest BCUT2D eigenvalue weighted by Gasteiger charge is 2.29. The number of aromatic nitrogens is 2. The Morgan fingerprint density at radius 3 is 2.29 bits per heavy atom. The molecule has 1 aromatic carbocycles. The molecule has 0 unspecified atom stereocenters. The Labute approximate surface area is 94.5 Å². The molecule has 1 heterocycles. The summed E-state index contributed by atoms with van der Waals surface area (Å²) in [6.45, 7) is 0. The van der Waals surface area contributed by atoms with Gasteiger partial charge in [0.05, 0.1) is 23.0 Å². The number of carbonyl (C=O) groups is 1. The summed E-state index contributed by atoms with van der Waals surface area (Å²) < 4.78 is 38.3. The van der Waals surface area contributed by atoms with Crippen LogP contribution < -0.4 is 0 Å². The second-order valence-electron chi connectivity index (χ2n) is 3.38. The molecule has 0 aliphatic heterocycles. The van der Waals surface area contributed by atoms with Crippen LogP contribution in [0.25, 0.3) is 5.69 Å². The van der Waals surface area contributed by atoms with E-state index >= 15 is 0 Å². The molecule has 0 aliphatic rings. The van der Waals surface area contributed by atoms with Crippen LogP contribution in [0.3, 0.4) is 0 Å². The number of aldehydes is 1. The summed E-state index contributed by atoms with van der Waals surface area (Å²) in [6, 6.07) is 4.53. The second kappa shape index (κ2) is 4.04. The van der Waals surface area contributed by atoms with Crippen LogP contribution in [0.1, 0.15) is 15.9 Å². The maximum absolute atomic E-state index is 12.3. The quantitative estimate of drug-likeness (QED) is 0.756. The molecule has 0 radical (unpaired) electrons. The van der Waals surface area contributed by atoms with Gasteiger partial charge in [-0.3, -0.25) is 4.79 Å². The van der Waals surface area contributed by atoms with Gasteiger partial charge >= 0.3 is 6.18 Å². The van der Waals surface area contributed by atoms with E-state index in [1.165, 1.54) is 29.2 Å². The molecule has 0 amide bonds. The molecular formula is C11H7F3N2O. The molecule has 0 saturated carbocycles. The van der Waals surface area contributed by atoms with Crippen LogP contribution in [0, 0.1) is 0 Å². The lowest BCUT2D eigenvalue weighted by molar-refractivity contribution is -0.137. The van der Waals surface area contributed by atoms with Crippen molar-refractivity contribution >= 4 is 6.29 Å². The van der Waals surface area contributed by atoms with Gasteiger partial charge in [0, 0.05) is 6.20 Å². The van der Waals surface area contributed by atoms with E-state index in [0.29, 0.717) is 17.5 Å². The molecule has 0 fully saturated rings. The summed E-state index contributed by atoms with van der Waals surface area (Å²) in [4.78, 5) is 10.4. The van der Waals surface area contributed by atoms with Crippen LogP contribution in [0.5, 0.6) is 0 Å². The first kappa shape index (κ1) is 11.4. The van der Waals surface area contributed by atoms with Crippen molar-refractivity contribution in [2.75, 3.05) is 0 Å². The molecule has 0 bridgehead atoms. The zero-order valence-electron chi connectivity index (χ0n) is 8.48. The average Bonchev–Trinajstić information content (AvgIpc) is 2.76. The minimum atomic E-state index is -4.35. The average molecular weight is 240 g/mol. The summed E-state index contributed by atoms with van der Waals surface area (Å²) in [5, 5.41) is 3.85. The van der Waals surface area contributed by atoms with Gasteiger partial charge in [-0.15, -0.1) is 0 Å². The summed E-state index contributed by atoms with van der Waals surface area (Å²) in [6.07, 6.45) is -0.954. The van der Waals surface area contributed by atoms with Crippen LogP contribution in [-0.4, -0.2) is 16.1 Å². The Bertz CT molecular complexity index is 528. The van der Waals surface area contributed by atoms with E-state index in [9.17, 15) is 18.0 Å². The number of halogens is 3. The van der Waals surface area contributed by atoms with Crippen LogP contribution in [0.15, 0.2) is 36.7 Å². The first-order valence-corrected chi connectivity index (χ1v) is 4.68. The third kappa shape index (κ3) is 2.35. The highest BCUT2D eigenvalue weighted by Crippen LogP contribution is 2.29. The fraction of sp³-hybridized carbons (Fsp3) is 0.0909. The molecule has 0 spiro atoms. The van der Waals surface area contributed by atoms with Gasteiger partial charge in [0.1, 0.15) is 0 Å². The fourth-order valence-electron chi connectivity index (χ4n) is 1.34. The Morgan fingerprint density at radius 2 is 1.82 bits per heavy atom. The largest absolute Gasteiger partial charge is 0.416 e. The molecule has 0 aliphatic carbocycles. The number of benzene rings is 1. The van der Waals surface area contributed by atoms with E-state index in [1.807, 2.05) is 0 Å².